The second-order valence-electron chi connectivity index (χ2n) is 5.94. The number of imidazole rings is 1. The van der Waals surface area contributed by atoms with Gasteiger partial charge in [-0.25, -0.2) is 9.97 Å². The maximum Gasteiger partial charge on any atom is 0.156 e. The van der Waals surface area contributed by atoms with Gasteiger partial charge in [-0.15, -0.1) is 0 Å². The van der Waals surface area contributed by atoms with Crippen molar-refractivity contribution >= 4 is 27.9 Å². The molecule has 0 radical (unpaired) electrons. The summed E-state index contributed by atoms with van der Waals surface area (Å²) in [4.78, 5) is 12.6. The van der Waals surface area contributed by atoms with E-state index in [0.717, 1.165) is 45.7 Å². The average molecular weight is 320 g/mol. The molecule has 4 rings (SSSR count). The van der Waals surface area contributed by atoms with Crippen molar-refractivity contribution in [2.24, 2.45) is 7.05 Å². The van der Waals surface area contributed by atoms with Gasteiger partial charge in [0.2, 0.25) is 0 Å². The Kier molecular flexibility index (Phi) is 3.46. The largest absolute Gasteiger partial charge is 0.371 e. The first kappa shape index (κ1) is 14.7. The monoisotopic (exact) mass is 320 g/mol. The summed E-state index contributed by atoms with van der Waals surface area (Å²) >= 11 is 0. The molecule has 3 N–H and O–H groups in total. The lowest BCUT2D eigenvalue weighted by atomic mass is 10.1. The summed E-state index contributed by atoms with van der Waals surface area (Å²) in [5.74, 6) is 0.787. The van der Waals surface area contributed by atoms with Crippen LogP contribution in [-0.4, -0.2) is 33.6 Å². The van der Waals surface area contributed by atoms with Crippen LogP contribution in [0.1, 0.15) is 5.56 Å². The van der Waals surface area contributed by atoms with Crippen LogP contribution in [0.5, 0.6) is 0 Å². The van der Waals surface area contributed by atoms with Gasteiger partial charge in [-0.3, -0.25) is 0 Å². The van der Waals surface area contributed by atoms with Gasteiger partial charge in [0, 0.05) is 31.7 Å². The van der Waals surface area contributed by atoms with Crippen LogP contribution in [0.25, 0.3) is 33.3 Å². The molecule has 0 aliphatic carbocycles. The smallest absolute Gasteiger partial charge is 0.156 e. The molecule has 1 aromatic carbocycles. The van der Waals surface area contributed by atoms with Crippen LogP contribution in [0, 0.1) is 0 Å². The highest BCUT2D eigenvalue weighted by Crippen LogP contribution is 2.31. The predicted octanol–water partition coefficient (Wildman–Crippen LogP) is 2.88. The van der Waals surface area contributed by atoms with Gasteiger partial charge in [0.15, 0.2) is 5.82 Å². The summed E-state index contributed by atoms with van der Waals surface area (Å²) in [5, 5.41) is 7.41. The maximum absolute atomic E-state index is 4.69. The average Bonchev–Trinajstić information content (AvgIpc) is 3.18. The van der Waals surface area contributed by atoms with Crippen molar-refractivity contribution in [2.75, 3.05) is 19.4 Å². The second-order valence-corrected chi connectivity index (χ2v) is 5.94. The molecular formula is C18H20N6. The predicted molar refractivity (Wildman–Crippen MR) is 98.1 cm³/mol. The van der Waals surface area contributed by atoms with Gasteiger partial charge < -0.3 is 20.2 Å². The van der Waals surface area contributed by atoms with Gasteiger partial charge in [0.05, 0.1) is 11.8 Å². The van der Waals surface area contributed by atoms with Crippen LogP contribution in [-0.2, 0) is 13.6 Å². The molecule has 4 aromatic rings. The minimum Gasteiger partial charge on any atom is -0.371 e. The lowest BCUT2D eigenvalue weighted by molar-refractivity contribution is 0.818. The molecular weight excluding hydrogens is 300 g/mol. The molecule has 0 aliphatic rings. The molecule has 0 unspecified atom stereocenters. The second kappa shape index (κ2) is 5.65. The van der Waals surface area contributed by atoms with E-state index in [4.69, 9.17) is 0 Å². The molecule has 0 spiro atoms. The fraction of sp³-hybridized carbons (Fsp3) is 0.222. The number of pyridine rings is 1. The van der Waals surface area contributed by atoms with Crippen molar-refractivity contribution in [3.63, 3.8) is 0 Å². The van der Waals surface area contributed by atoms with E-state index < -0.39 is 0 Å². The summed E-state index contributed by atoms with van der Waals surface area (Å²) in [6.07, 6.45) is 1.83. The van der Waals surface area contributed by atoms with E-state index in [-0.39, 0.29) is 0 Å². The molecule has 0 aliphatic heterocycles. The highest BCUT2D eigenvalue weighted by molar-refractivity contribution is 6.07. The van der Waals surface area contributed by atoms with E-state index in [1.165, 1.54) is 5.56 Å². The fourth-order valence-corrected chi connectivity index (χ4v) is 3.18. The number of H-pyrrole nitrogens is 1. The van der Waals surface area contributed by atoms with Crippen LogP contribution in [0.15, 0.2) is 36.7 Å². The number of aromatic nitrogens is 4. The minimum absolute atomic E-state index is 0.787. The Balaban J connectivity index is 1.94. The lowest BCUT2D eigenvalue weighted by Crippen LogP contribution is -2.04. The molecule has 0 saturated carbocycles. The van der Waals surface area contributed by atoms with Gasteiger partial charge in [0.1, 0.15) is 11.2 Å². The van der Waals surface area contributed by atoms with Crippen molar-refractivity contribution in [2.45, 2.75) is 6.54 Å². The van der Waals surface area contributed by atoms with Gasteiger partial charge in [-0.1, -0.05) is 18.2 Å². The van der Waals surface area contributed by atoms with Crippen molar-refractivity contribution in [3.05, 3.63) is 42.2 Å². The van der Waals surface area contributed by atoms with Gasteiger partial charge in [-0.2, -0.15) is 0 Å². The highest BCUT2D eigenvalue weighted by Gasteiger charge is 2.15. The Labute approximate surface area is 139 Å². The van der Waals surface area contributed by atoms with Crippen molar-refractivity contribution in [3.8, 4) is 11.3 Å². The summed E-state index contributed by atoms with van der Waals surface area (Å²) in [6, 6.07) is 10.7. The van der Waals surface area contributed by atoms with E-state index in [1.54, 1.807) is 0 Å². The summed E-state index contributed by atoms with van der Waals surface area (Å²) in [5.41, 5.74) is 6.31. The Bertz CT molecular complexity index is 1030. The topological polar surface area (TPSA) is 70.6 Å². The molecule has 24 heavy (non-hydrogen) atoms. The van der Waals surface area contributed by atoms with E-state index in [0.29, 0.717) is 0 Å². The molecule has 0 bridgehead atoms. The van der Waals surface area contributed by atoms with E-state index in [2.05, 4.69) is 55.9 Å². The molecule has 122 valence electrons. The minimum atomic E-state index is 0.787. The Morgan fingerprint density at radius 2 is 2.08 bits per heavy atom. The number of benzene rings is 1. The molecule has 0 fully saturated rings. The first-order chi connectivity index (χ1) is 11.7. The normalized spacial score (nSPS) is 11.5. The van der Waals surface area contributed by atoms with Crippen LogP contribution < -0.4 is 10.6 Å². The van der Waals surface area contributed by atoms with Crippen LogP contribution >= 0.6 is 0 Å². The van der Waals surface area contributed by atoms with Crippen LogP contribution in [0.4, 0.5) is 5.82 Å². The number of aromatic amines is 1. The number of hydrogen-bond donors (Lipinski definition) is 3. The number of fused-ring (bicyclic) bond motifs is 3. The molecule has 0 saturated heterocycles. The third-order valence-electron chi connectivity index (χ3n) is 4.29. The Morgan fingerprint density at radius 3 is 2.88 bits per heavy atom. The Morgan fingerprint density at radius 1 is 1.21 bits per heavy atom. The molecule has 6 nitrogen and oxygen atoms in total. The van der Waals surface area contributed by atoms with E-state index >= 15 is 0 Å². The zero-order chi connectivity index (χ0) is 16.7. The van der Waals surface area contributed by atoms with Crippen molar-refractivity contribution in [1.82, 2.24) is 24.8 Å². The van der Waals surface area contributed by atoms with Gasteiger partial charge >= 0.3 is 0 Å². The zero-order valence-corrected chi connectivity index (χ0v) is 14.0. The van der Waals surface area contributed by atoms with Crippen LogP contribution in [0.2, 0.25) is 0 Å². The summed E-state index contributed by atoms with van der Waals surface area (Å²) in [7, 11) is 5.83. The highest BCUT2D eigenvalue weighted by atomic mass is 15.1. The number of rotatable bonds is 4. The maximum atomic E-state index is 4.69. The summed E-state index contributed by atoms with van der Waals surface area (Å²) < 4.78 is 2.04. The number of aryl methyl sites for hydroxylation is 1. The number of hydrogen-bond acceptors (Lipinski definition) is 4. The SMILES string of the molecule is CNCc1cccc(-c2cc3c(nc(NC)c4ncn(C)c43)[nH]2)c1. The van der Waals surface area contributed by atoms with E-state index in [9.17, 15) is 0 Å². The van der Waals surface area contributed by atoms with Gasteiger partial charge in [-0.05, 0) is 30.3 Å². The van der Waals surface area contributed by atoms with Crippen molar-refractivity contribution in [1.29, 1.82) is 0 Å². The molecule has 0 amide bonds. The number of nitrogens with zero attached hydrogens (tertiary/aromatic N) is 3. The molecule has 6 heteroatoms. The summed E-state index contributed by atoms with van der Waals surface area (Å²) in [6.45, 7) is 0.849. The van der Waals surface area contributed by atoms with Crippen molar-refractivity contribution < 1.29 is 0 Å². The van der Waals surface area contributed by atoms with Gasteiger partial charge in [0.25, 0.3) is 0 Å². The number of nitrogens with one attached hydrogen (secondary N) is 3. The third kappa shape index (κ3) is 2.23. The standard InChI is InChI=1S/C18H20N6/c1-19-9-11-5-4-6-12(7-11)14-8-13-16-15(21-10-24(16)3)18(20-2)23-17(13)22-14/h4-8,10,19H,9H2,1-3H3,(H2,20,22,23). The lowest BCUT2D eigenvalue weighted by Gasteiger charge is -2.03. The molecule has 3 aromatic heterocycles. The third-order valence-corrected chi connectivity index (χ3v) is 4.29. The fourth-order valence-electron chi connectivity index (χ4n) is 3.18. The quantitative estimate of drug-likeness (QED) is 0.541. The first-order valence-corrected chi connectivity index (χ1v) is 7.96. The van der Waals surface area contributed by atoms with E-state index in [1.807, 2.05) is 32.0 Å². The molecule has 3 heterocycles. The Hall–Kier alpha value is -2.86. The van der Waals surface area contributed by atoms with Crippen LogP contribution in [0.3, 0.4) is 0 Å². The molecule has 0 atom stereocenters. The zero-order valence-electron chi connectivity index (χ0n) is 14.0. The first-order valence-electron chi connectivity index (χ1n) is 7.96. The number of anilines is 1.